The molecule has 0 N–H and O–H groups in total. The van der Waals surface area contributed by atoms with Crippen LogP contribution < -0.4 is 0 Å². The van der Waals surface area contributed by atoms with Gasteiger partial charge in [-0.25, -0.2) is 18.4 Å². The van der Waals surface area contributed by atoms with Crippen LogP contribution in [0.4, 0.5) is 43.9 Å². The molecule has 1 fully saturated rings. The minimum absolute atomic E-state index is 0.703. The van der Waals surface area contributed by atoms with Crippen LogP contribution in [0.3, 0.4) is 0 Å². The molecule has 1 aliphatic rings. The normalized spacial score (nSPS) is 30.8. The van der Waals surface area contributed by atoms with Gasteiger partial charge in [0.1, 0.15) is 13.2 Å². The van der Waals surface area contributed by atoms with Crippen molar-refractivity contribution in [3.05, 3.63) is 24.3 Å². The largest absolute Gasteiger partial charge is 0.458 e. The fourth-order valence-corrected chi connectivity index (χ4v) is 2.33. The topological polar surface area (TPSA) is 52.6 Å². The summed E-state index contributed by atoms with van der Waals surface area (Å²) in [5, 5.41) is 0. The van der Waals surface area contributed by atoms with E-state index in [0.717, 1.165) is 13.8 Å². The van der Waals surface area contributed by atoms with Crippen LogP contribution in [0.5, 0.6) is 0 Å². The van der Waals surface area contributed by atoms with Gasteiger partial charge >= 0.3 is 35.6 Å². The molecule has 1 rings (SSSR count). The van der Waals surface area contributed by atoms with Crippen LogP contribution in [0.15, 0.2) is 24.3 Å². The zero-order valence-electron chi connectivity index (χ0n) is 15.2. The van der Waals surface area contributed by atoms with Crippen molar-refractivity contribution in [3.8, 4) is 0 Å². The maximum absolute atomic E-state index is 14.6. The van der Waals surface area contributed by atoms with Gasteiger partial charge in [0.05, 0.1) is 0 Å². The van der Waals surface area contributed by atoms with Crippen LogP contribution in [-0.4, -0.2) is 60.2 Å². The highest BCUT2D eigenvalue weighted by Gasteiger charge is 3.00. The lowest BCUT2D eigenvalue weighted by Gasteiger charge is -2.54. The summed E-state index contributed by atoms with van der Waals surface area (Å²) in [6, 6.07) is 0. The zero-order valence-corrected chi connectivity index (χ0v) is 15.2. The summed E-state index contributed by atoms with van der Waals surface area (Å²) in [5.41, 5.74) is -13.9. The third-order valence-electron chi connectivity index (χ3n) is 4.28. The number of carbonyl (C=O) groups excluding carboxylic acids is 2. The lowest BCUT2D eigenvalue weighted by molar-refractivity contribution is -0.465. The van der Waals surface area contributed by atoms with Crippen molar-refractivity contribution in [2.45, 2.75) is 48.9 Å². The Morgan fingerprint density at radius 2 is 0.800 bits per heavy atom. The minimum atomic E-state index is -6.87. The molecular weight excluding hydrogens is 446 g/mol. The molecule has 0 aromatic carbocycles. The van der Waals surface area contributed by atoms with Gasteiger partial charge in [-0.1, -0.05) is 13.2 Å². The van der Waals surface area contributed by atoms with Crippen molar-refractivity contribution in [2.75, 3.05) is 13.2 Å². The molecule has 0 spiro atoms. The predicted molar refractivity (Wildman–Crippen MR) is 79.0 cm³/mol. The summed E-state index contributed by atoms with van der Waals surface area (Å²) in [6.45, 7) is 1.37. The Labute approximate surface area is 162 Å². The monoisotopic (exact) mass is 460 g/mol. The number of hydrogen-bond donors (Lipinski definition) is 0. The predicted octanol–water partition coefficient (Wildman–Crippen LogP) is 4.20. The van der Waals surface area contributed by atoms with E-state index in [2.05, 4.69) is 22.6 Å². The van der Waals surface area contributed by atoms with E-state index >= 15 is 0 Å². The van der Waals surface area contributed by atoms with Crippen LogP contribution in [0, 0.1) is 0 Å². The summed E-state index contributed by atoms with van der Waals surface area (Å²) < 4.78 is 150. The first kappa shape index (κ1) is 25.8. The highest BCUT2D eigenvalue weighted by atomic mass is 19.4. The Morgan fingerprint density at radius 3 is 0.967 bits per heavy atom. The first-order valence-electron chi connectivity index (χ1n) is 7.70. The third-order valence-corrected chi connectivity index (χ3v) is 4.28. The lowest BCUT2D eigenvalue weighted by Crippen LogP contribution is -2.86. The van der Waals surface area contributed by atoms with Crippen molar-refractivity contribution in [1.82, 2.24) is 0 Å². The van der Waals surface area contributed by atoms with Gasteiger partial charge in [0.2, 0.25) is 0 Å². The van der Waals surface area contributed by atoms with Crippen LogP contribution in [0.2, 0.25) is 0 Å². The Kier molecular flexibility index (Phi) is 6.14. The molecule has 0 aromatic rings. The van der Waals surface area contributed by atoms with E-state index in [-0.39, 0.29) is 0 Å². The Bertz CT molecular complexity index is 682. The van der Waals surface area contributed by atoms with Gasteiger partial charge in [-0.15, -0.1) is 0 Å². The summed E-state index contributed by atoms with van der Waals surface area (Å²) in [4.78, 5) is 22.3. The van der Waals surface area contributed by atoms with Gasteiger partial charge in [-0.05, 0) is 13.8 Å². The van der Waals surface area contributed by atoms with Gasteiger partial charge in [0.15, 0.2) is 0 Å². The fraction of sp³-hybridized carbons (Fsp3) is 0.625. The van der Waals surface area contributed by atoms with Gasteiger partial charge in [-0.3, -0.25) is 0 Å². The fourth-order valence-electron chi connectivity index (χ4n) is 2.33. The Morgan fingerprint density at radius 1 is 0.600 bits per heavy atom. The third kappa shape index (κ3) is 3.06. The minimum Gasteiger partial charge on any atom is -0.458 e. The number of alkyl halides is 10. The summed E-state index contributed by atoms with van der Waals surface area (Å²) in [7, 11) is 0. The SMILES string of the molecule is C=C(C)C(=O)OCC1(F)C(F)(F)C(F)(F)C(F)(COC(=O)C(=C)C)C(F)(F)C1(F)F. The molecule has 0 unspecified atom stereocenters. The molecule has 0 amide bonds. The summed E-state index contributed by atoms with van der Waals surface area (Å²) >= 11 is 0. The van der Waals surface area contributed by atoms with E-state index in [0.29, 0.717) is 0 Å². The average Bonchev–Trinajstić information content (AvgIpc) is 2.61. The van der Waals surface area contributed by atoms with Crippen LogP contribution >= 0.6 is 0 Å². The number of rotatable bonds is 6. The maximum atomic E-state index is 14.6. The lowest BCUT2D eigenvalue weighted by atomic mass is 9.67. The molecular formula is C16H14F10O4. The number of ether oxygens (including phenoxy) is 2. The van der Waals surface area contributed by atoms with E-state index < -0.39 is 71.3 Å². The number of carbonyl (C=O) groups is 2. The number of halogens is 10. The Balaban J connectivity index is 3.61. The van der Waals surface area contributed by atoms with Crippen molar-refractivity contribution in [1.29, 1.82) is 0 Å². The van der Waals surface area contributed by atoms with Crippen LogP contribution in [-0.2, 0) is 19.1 Å². The van der Waals surface area contributed by atoms with Gasteiger partial charge in [0.25, 0.3) is 11.3 Å². The molecule has 172 valence electrons. The van der Waals surface area contributed by atoms with E-state index in [9.17, 15) is 53.5 Å². The smallest absolute Gasteiger partial charge is 0.356 e. The maximum Gasteiger partial charge on any atom is 0.356 e. The Hall–Kier alpha value is -2.28. The molecule has 0 heterocycles. The van der Waals surface area contributed by atoms with E-state index in [1.54, 1.807) is 0 Å². The summed E-state index contributed by atoms with van der Waals surface area (Å²) in [5.74, 6) is -31.2. The molecule has 1 aliphatic carbocycles. The molecule has 0 atom stereocenters. The number of hydrogen-bond acceptors (Lipinski definition) is 4. The van der Waals surface area contributed by atoms with Crippen LogP contribution in [0.25, 0.3) is 0 Å². The molecule has 0 aromatic heterocycles. The van der Waals surface area contributed by atoms with Crippen molar-refractivity contribution in [2.24, 2.45) is 0 Å². The van der Waals surface area contributed by atoms with Gasteiger partial charge < -0.3 is 9.47 Å². The highest BCUT2D eigenvalue weighted by Crippen LogP contribution is 2.69. The molecule has 0 saturated heterocycles. The van der Waals surface area contributed by atoms with E-state index in [1.807, 2.05) is 0 Å². The van der Waals surface area contributed by atoms with Crippen LogP contribution in [0.1, 0.15) is 13.8 Å². The van der Waals surface area contributed by atoms with Crippen molar-refractivity contribution < 1.29 is 63.0 Å². The highest BCUT2D eigenvalue weighted by molar-refractivity contribution is 5.87. The van der Waals surface area contributed by atoms with E-state index in [1.165, 1.54) is 0 Å². The van der Waals surface area contributed by atoms with Crippen molar-refractivity contribution in [3.63, 3.8) is 0 Å². The first-order chi connectivity index (χ1) is 13.2. The molecule has 30 heavy (non-hydrogen) atoms. The zero-order chi connectivity index (χ0) is 24.1. The molecule has 0 radical (unpaired) electrons. The molecule has 1 saturated carbocycles. The second kappa shape index (κ2) is 7.15. The first-order valence-corrected chi connectivity index (χ1v) is 7.70. The molecule has 4 nitrogen and oxygen atoms in total. The molecule has 14 heteroatoms. The van der Waals surface area contributed by atoms with Crippen molar-refractivity contribution >= 4 is 11.9 Å². The molecule has 0 bridgehead atoms. The summed E-state index contributed by atoms with van der Waals surface area (Å²) in [6.07, 6.45) is 0. The standard InChI is InChI=1S/C16H14F10O4/c1-7(2)9(27)29-5-11(17)13(19,20)15(23,24)12(18,6-30-10(28)8(3)4)16(25,26)14(11,21)22/h1,3,5-6H2,2,4H3. The molecule has 0 aliphatic heterocycles. The van der Waals surface area contributed by atoms with Gasteiger partial charge in [0, 0.05) is 11.1 Å². The number of esters is 2. The second-order valence-electron chi connectivity index (χ2n) is 6.61. The quantitative estimate of drug-likeness (QED) is 0.339. The second-order valence-corrected chi connectivity index (χ2v) is 6.61. The average molecular weight is 460 g/mol. The van der Waals surface area contributed by atoms with E-state index in [4.69, 9.17) is 0 Å². The van der Waals surface area contributed by atoms with Gasteiger partial charge in [-0.2, -0.15) is 35.1 Å².